The number of carbonyl (C=O) groups excluding carboxylic acids is 1. The summed E-state index contributed by atoms with van der Waals surface area (Å²) in [6, 6.07) is 23.9. The Kier molecular flexibility index (Phi) is 9.23. The van der Waals surface area contributed by atoms with Crippen molar-refractivity contribution >= 4 is 6.09 Å². The Morgan fingerprint density at radius 2 is 1.61 bits per heavy atom. The standard InChI is InChI=1S/C33H37NO4/c1-3-18-33(37,19-4-2)20-16-24-10-9-11-25(22-24)31(35)17-21-34-32(36)38-23-30-28-14-7-5-12-26(28)27-13-6-8-15-29(27)30/h5-15,22,30-31,35,37H,3-4,17-19,21,23H2,1-2H3,(H,34,36)/t31-/m1/s1. The highest BCUT2D eigenvalue weighted by atomic mass is 16.5. The van der Waals surface area contributed by atoms with Crippen molar-refractivity contribution in [3.8, 4) is 23.0 Å². The van der Waals surface area contributed by atoms with E-state index in [1.54, 1.807) is 0 Å². The van der Waals surface area contributed by atoms with Crippen LogP contribution in [0.3, 0.4) is 0 Å². The Labute approximate surface area is 225 Å². The minimum Gasteiger partial charge on any atom is -0.449 e. The molecule has 0 heterocycles. The van der Waals surface area contributed by atoms with E-state index in [2.05, 4.69) is 41.4 Å². The number of amides is 1. The summed E-state index contributed by atoms with van der Waals surface area (Å²) < 4.78 is 5.58. The van der Waals surface area contributed by atoms with E-state index >= 15 is 0 Å². The number of hydrogen-bond donors (Lipinski definition) is 3. The lowest BCUT2D eigenvalue weighted by molar-refractivity contribution is 0.0807. The van der Waals surface area contributed by atoms with Crippen molar-refractivity contribution in [2.24, 2.45) is 0 Å². The summed E-state index contributed by atoms with van der Waals surface area (Å²) in [5.41, 5.74) is 5.20. The van der Waals surface area contributed by atoms with E-state index in [4.69, 9.17) is 4.74 Å². The van der Waals surface area contributed by atoms with Crippen LogP contribution in [0.2, 0.25) is 0 Å². The quantitative estimate of drug-likeness (QED) is 0.278. The van der Waals surface area contributed by atoms with Crippen molar-refractivity contribution < 1.29 is 19.7 Å². The number of alkyl carbamates (subject to hydrolysis) is 1. The molecule has 3 aromatic rings. The highest BCUT2D eigenvalue weighted by molar-refractivity contribution is 5.79. The number of nitrogens with one attached hydrogen (secondary N) is 1. The van der Waals surface area contributed by atoms with Crippen LogP contribution in [-0.4, -0.2) is 35.1 Å². The Hall–Kier alpha value is -3.59. The van der Waals surface area contributed by atoms with Gasteiger partial charge in [-0.25, -0.2) is 4.79 Å². The molecule has 3 N–H and O–H groups in total. The molecule has 0 unspecified atom stereocenters. The first kappa shape index (κ1) is 27.4. The number of rotatable bonds is 10. The zero-order valence-electron chi connectivity index (χ0n) is 22.2. The van der Waals surface area contributed by atoms with Crippen LogP contribution < -0.4 is 5.32 Å². The highest BCUT2D eigenvalue weighted by Crippen LogP contribution is 2.44. The average molecular weight is 512 g/mol. The molecule has 1 atom stereocenters. The monoisotopic (exact) mass is 511 g/mol. The largest absolute Gasteiger partial charge is 0.449 e. The number of hydrogen-bond acceptors (Lipinski definition) is 4. The second-order valence-corrected chi connectivity index (χ2v) is 9.96. The zero-order valence-corrected chi connectivity index (χ0v) is 22.2. The van der Waals surface area contributed by atoms with Crippen LogP contribution in [0.25, 0.3) is 11.1 Å². The normalized spacial score (nSPS) is 13.2. The Morgan fingerprint density at radius 3 is 2.24 bits per heavy atom. The van der Waals surface area contributed by atoms with Crippen molar-refractivity contribution in [2.45, 2.75) is 63.6 Å². The van der Waals surface area contributed by atoms with Gasteiger partial charge in [0.1, 0.15) is 12.2 Å². The molecule has 198 valence electrons. The molecule has 5 heteroatoms. The van der Waals surface area contributed by atoms with Crippen molar-refractivity contribution in [3.63, 3.8) is 0 Å². The zero-order chi connectivity index (χ0) is 27.0. The fraction of sp³-hybridized carbons (Fsp3) is 0.364. The smallest absolute Gasteiger partial charge is 0.407 e. The average Bonchev–Trinajstić information content (AvgIpc) is 3.25. The molecule has 1 aliphatic carbocycles. The maximum atomic E-state index is 12.4. The molecule has 0 fully saturated rings. The summed E-state index contributed by atoms with van der Waals surface area (Å²) >= 11 is 0. The lowest BCUT2D eigenvalue weighted by Crippen LogP contribution is -2.28. The van der Waals surface area contributed by atoms with Crippen molar-refractivity contribution in [1.29, 1.82) is 0 Å². The lowest BCUT2D eigenvalue weighted by atomic mass is 9.93. The van der Waals surface area contributed by atoms with Gasteiger partial charge in [0.25, 0.3) is 0 Å². The first-order valence-electron chi connectivity index (χ1n) is 13.6. The number of aliphatic hydroxyl groups excluding tert-OH is 1. The van der Waals surface area contributed by atoms with Gasteiger partial charge in [-0.1, -0.05) is 99.2 Å². The molecule has 0 bridgehead atoms. The fourth-order valence-electron chi connectivity index (χ4n) is 5.22. The second kappa shape index (κ2) is 12.8. The van der Waals surface area contributed by atoms with Crippen LogP contribution in [0.1, 0.15) is 80.2 Å². The highest BCUT2D eigenvalue weighted by Gasteiger charge is 2.29. The van der Waals surface area contributed by atoms with Crippen LogP contribution >= 0.6 is 0 Å². The number of carbonyl (C=O) groups is 1. The maximum Gasteiger partial charge on any atom is 0.407 e. The molecule has 1 aliphatic rings. The van der Waals surface area contributed by atoms with Gasteiger partial charge in [0, 0.05) is 18.0 Å². The molecule has 0 spiro atoms. The minimum absolute atomic E-state index is 0.00917. The van der Waals surface area contributed by atoms with Gasteiger partial charge in [-0.2, -0.15) is 0 Å². The van der Waals surface area contributed by atoms with E-state index in [9.17, 15) is 15.0 Å². The van der Waals surface area contributed by atoms with E-state index in [1.165, 1.54) is 22.3 Å². The SMILES string of the molecule is CCCC(O)(C#Cc1cccc([C@H](O)CCNC(=O)OCC2c3ccccc3-c3ccccc32)c1)CCC. The van der Waals surface area contributed by atoms with Crippen LogP contribution in [0, 0.1) is 11.8 Å². The first-order chi connectivity index (χ1) is 18.4. The van der Waals surface area contributed by atoms with Crippen molar-refractivity contribution in [1.82, 2.24) is 5.32 Å². The molecule has 3 aromatic carbocycles. The number of aliphatic hydroxyl groups is 2. The summed E-state index contributed by atoms with van der Waals surface area (Å²) in [5.74, 6) is 6.13. The van der Waals surface area contributed by atoms with Gasteiger partial charge in [0.15, 0.2) is 0 Å². The lowest BCUT2D eigenvalue weighted by Gasteiger charge is -2.20. The van der Waals surface area contributed by atoms with Crippen LogP contribution in [0.5, 0.6) is 0 Å². The van der Waals surface area contributed by atoms with Gasteiger partial charge < -0.3 is 20.3 Å². The number of ether oxygens (including phenoxy) is 1. The molecule has 0 aliphatic heterocycles. The molecule has 4 rings (SSSR count). The van der Waals surface area contributed by atoms with E-state index in [1.807, 2.05) is 62.4 Å². The van der Waals surface area contributed by atoms with E-state index in [0.717, 1.165) is 24.0 Å². The van der Waals surface area contributed by atoms with E-state index in [0.29, 0.717) is 19.3 Å². The molecular weight excluding hydrogens is 474 g/mol. The summed E-state index contributed by atoms with van der Waals surface area (Å²) in [4.78, 5) is 12.4. The summed E-state index contributed by atoms with van der Waals surface area (Å²) in [7, 11) is 0. The summed E-state index contributed by atoms with van der Waals surface area (Å²) in [6.07, 6.45) is 2.09. The second-order valence-electron chi connectivity index (χ2n) is 9.96. The van der Waals surface area contributed by atoms with Gasteiger partial charge in [-0.3, -0.25) is 0 Å². The number of fused-ring (bicyclic) bond motifs is 3. The van der Waals surface area contributed by atoms with Crippen molar-refractivity contribution in [3.05, 3.63) is 95.1 Å². The third-order valence-corrected chi connectivity index (χ3v) is 7.07. The third-order valence-electron chi connectivity index (χ3n) is 7.07. The van der Waals surface area contributed by atoms with E-state index in [-0.39, 0.29) is 19.1 Å². The summed E-state index contributed by atoms with van der Waals surface area (Å²) in [6.45, 7) is 4.61. The molecule has 38 heavy (non-hydrogen) atoms. The minimum atomic E-state index is -0.981. The molecule has 0 saturated heterocycles. The maximum absolute atomic E-state index is 12.4. The van der Waals surface area contributed by atoms with Crippen LogP contribution in [0.15, 0.2) is 72.8 Å². The fourth-order valence-corrected chi connectivity index (χ4v) is 5.22. The molecule has 0 radical (unpaired) electrons. The molecule has 1 amide bonds. The topological polar surface area (TPSA) is 78.8 Å². The first-order valence-corrected chi connectivity index (χ1v) is 13.6. The molecule has 0 aromatic heterocycles. The van der Waals surface area contributed by atoms with Crippen LogP contribution in [-0.2, 0) is 4.74 Å². The molecule has 0 saturated carbocycles. The van der Waals surface area contributed by atoms with Crippen molar-refractivity contribution in [2.75, 3.05) is 13.2 Å². The van der Waals surface area contributed by atoms with Crippen LogP contribution in [0.4, 0.5) is 4.79 Å². The van der Waals surface area contributed by atoms with Gasteiger partial charge in [-0.15, -0.1) is 0 Å². The van der Waals surface area contributed by atoms with Gasteiger partial charge >= 0.3 is 6.09 Å². The summed E-state index contributed by atoms with van der Waals surface area (Å²) in [5, 5.41) is 24.2. The van der Waals surface area contributed by atoms with Gasteiger partial charge in [0.2, 0.25) is 0 Å². The predicted molar refractivity (Wildman–Crippen MR) is 151 cm³/mol. The number of benzene rings is 3. The third kappa shape index (κ3) is 6.64. The predicted octanol–water partition coefficient (Wildman–Crippen LogP) is 6.33. The Bertz CT molecular complexity index is 1250. The Balaban J connectivity index is 1.29. The van der Waals surface area contributed by atoms with Gasteiger partial charge in [-0.05, 0) is 59.2 Å². The van der Waals surface area contributed by atoms with Gasteiger partial charge in [0.05, 0.1) is 6.10 Å². The molecule has 5 nitrogen and oxygen atoms in total. The Morgan fingerprint density at radius 1 is 0.974 bits per heavy atom. The molecular formula is C33H37NO4. The van der Waals surface area contributed by atoms with E-state index < -0.39 is 17.8 Å².